The second-order valence-electron chi connectivity index (χ2n) is 4.32. The van der Waals surface area contributed by atoms with E-state index in [1.807, 2.05) is 0 Å². The standard InChI is InChI=1S/C11H12FN3O4/c1-19-10(16)7-2-3-8(15(17)18)9(14-7)13-6-11(12)4-5-11/h2-3H,4-6H2,1H3,(H,13,14). The Kier molecular flexibility index (Phi) is 3.32. The number of hydrogen-bond donors (Lipinski definition) is 1. The van der Waals surface area contributed by atoms with Crippen molar-refractivity contribution >= 4 is 17.5 Å². The van der Waals surface area contributed by atoms with Crippen LogP contribution in [0, 0.1) is 10.1 Å². The molecule has 7 nitrogen and oxygen atoms in total. The Morgan fingerprint density at radius 1 is 1.63 bits per heavy atom. The maximum atomic E-state index is 13.5. The third-order valence-corrected chi connectivity index (χ3v) is 2.83. The van der Waals surface area contributed by atoms with Crippen LogP contribution in [0.3, 0.4) is 0 Å². The molecule has 1 N–H and O–H groups in total. The zero-order chi connectivity index (χ0) is 14.0. The molecule has 1 aromatic heterocycles. The van der Waals surface area contributed by atoms with E-state index in [0.717, 1.165) is 6.07 Å². The molecule has 0 aliphatic heterocycles. The molecule has 0 atom stereocenters. The number of anilines is 1. The van der Waals surface area contributed by atoms with Gasteiger partial charge in [0.05, 0.1) is 18.6 Å². The molecular weight excluding hydrogens is 257 g/mol. The molecule has 1 fully saturated rings. The van der Waals surface area contributed by atoms with Crippen LogP contribution < -0.4 is 5.32 Å². The average Bonchev–Trinajstić information content (AvgIpc) is 3.13. The van der Waals surface area contributed by atoms with Gasteiger partial charge < -0.3 is 10.1 Å². The van der Waals surface area contributed by atoms with E-state index in [1.165, 1.54) is 13.2 Å². The van der Waals surface area contributed by atoms with Gasteiger partial charge in [-0.2, -0.15) is 0 Å². The largest absolute Gasteiger partial charge is 0.464 e. The van der Waals surface area contributed by atoms with Crippen LogP contribution in [0.1, 0.15) is 23.3 Å². The molecule has 0 aromatic carbocycles. The highest BCUT2D eigenvalue weighted by Gasteiger charge is 2.43. The van der Waals surface area contributed by atoms with Gasteiger partial charge in [0, 0.05) is 6.07 Å². The fourth-order valence-electron chi connectivity index (χ4n) is 1.50. The predicted octanol–water partition coefficient (Wildman–Crippen LogP) is 1.69. The summed E-state index contributed by atoms with van der Waals surface area (Å²) in [5, 5.41) is 13.4. The quantitative estimate of drug-likeness (QED) is 0.496. The van der Waals surface area contributed by atoms with Crippen molar-refractivity contribution in [2.24, 2.45) is 0 Å². The number of pyridine rings is 1. The van der Waals surface area contributed by atoms with Crippen molar-refractivity contribution in [1.82, 2.24) is 4.98 Å². The van der Waals surface area contributed by atoms with Crippen molar-refractivity contribution < 1.29 is 18.8 Å². The summed E-state index contributed by atoms with van der Waals surface area (Å²) in [6, 6.07) is 2.33. The summed E-state index contributed by atoms with van der Waals surface area (Å²) >= 11 is 0. The molecule has 1 aliphatic rings. The Morgan fingerprint density at radius 2 is 2.32 bits per heavy atom. The molecule has 0 bridgehead atoms. The van der Waals surface area contributed by atoms with Gasteiger partial charge in [0.2, 0.25) is 5.82 Å². The van der Waals surface area contributed by atoms with Gasteiger partial charge in [0.15, 0.2) is 5.69 Å². The van der Waals surface area contributed by atoms with Gasteiger partial charge in [-0.1, -0.05) is 0 Å². The number of alkyl halides is 1. The highest BCUT2D eigenvalue weighted by Crippen LogP contribution is 2.40. The van der Waals surface area contributed by atoms with Crippen LogP contribution in [0.15, 0.2) is 12.1 Å². The van der Waals surface area contributed by atoms with E-state index < -0.39 is 16.6 Å². The van der Waals surface area contributed by atoms with Crippen LogP contribution in [0.2, 0.25) is 0 Å². The molecule has 1 saturated carbocycles. The van der Waals surface area contributed by atoms with Crippen molar-refractivity contribution in [3.05, 3.63) is 27.9 Å². The van der Waals surface area contributed by atoms with Crippen LogP contribution in [0.5, 0.6) is 0 Å². The monoisotopic (exact) mass is 269 g/mol. The number of halogens is 1. The Bertz CT molecular complexity index is 531. The lowest BCUT2D eigenvalue weighted by molar-refractivity contribution is -0.384. The summed E-state index contributed by atoms with van der Waals surface area (Å²) in [4.78, 5) is 25.3. The zero-order valence-electron chi connectivity index (χ0n) is 10.2. The third-order valence-electron chi connectivity index (χ3n) is 2.83. The Morgan fingerprint density at radius 3 is 2.84 bits per heavy atom. The number of nitrogens with one attached hydrogen (secondary N) is 1. The lowest BCUT2D eigenvalue weighted by atomic mass is 10.3. The Hall–Kier alpha value is -2.25. The summed E-state index contributed by atoms with van der Waals surface area (Å²) in [6.07, 6.45) is 0.842. The molecule has 0 saturated heterocycles. The Labute approximate surface area is 107 Å². The van der Waals surface area contributed by atoms with Gasteiger partial charge in [-0.25, -0.2) is 14.2 Å². The first-order chi connectivity index (χ1) is 8.95. The van der Waals surface area contributed by atoms with Crippen molar-refractivity contribution in [2.75, 3.05) is 19.0 Å². The number of hydrogen-bond acceptors (Lipinski definition) is 6. The van der Waals surface area contributed by atoms with Gasteiger partial charge in [0.25, 0.3) is 0 Å². The second kappa shape index (κ2) is 4.79. The molecule has 0 radical (unpaired) electrons. The number of ether oxygens (including phenoxy) is 1. The summed E-state index contributed by atoms with van der Waals surface area (Å²) in [7, 11) is 1.18. The second-order valence-corrected chi connectivity index (χ2v) is 4.32. The molecule has 1 aromatic rings. The molecule has 0 spiro atoms. The first-order valence-corrected chi connectivity index (χ1v) is 5.62. The van der Waals surface area contributed by atoms with Crippen molar-refractivity contribution in [2.45, 2.75) is 18.5 Å². The van der Waals surface area contributed by atoms with Gasteiger partial charge in [-0.3, -0.25) is 10.1 Å². The number of rotatable bonds is 5. The minimum atomic E-state index is -1.32. The smallest absolute Gasteiger partial charge is 0.356 e. The number of carbonyl (C=O) groups is 1. The van der Waals surface area contributed by atoms with Crippen LogP contribution in [-0.4, -0.2) is 35.2 Å². The molecule has 102 valence electrons. The van der Waals surface area contributed by atoms with Gasteiger partial charge >= 0.3 is 11.7 Å². The Balaban J connectivity index is 2.24. The number of nitrogens with zero attached hydrogens (tertiary/aromatic N) is 2. The highest BCUT2D eigenvalue weighted by molar-refractivity contribution is 5.88. The van der Waals surface area contributed by atoms with Gasteiger partial charge in [-0.15, -0.1) is 0 Å². The van der Waals surface area contributed by atoms with E-state index in [1.54, 1.807) is 0 Å². The van der Waals surface area contributed by atoms with Gasteiger partial charge in [-0.05, 0) is 18.9 Å². The van der Waals surface area contributed by atoms with E-state index >= 15 is 0 Å². The van der Waals surface area contributed by atoms with Crippen molar-refractivity contribution in [3.8, 4) is 0 Å². The molecule has 0 unspecified atom stereocenters. The minimum Gasteiger partial charge on any atom is -0.464 e. The molecule has 8 heteroatoms. The van der Waals surface area contributed by atoms with Crippen molar-refractivity contribution in [1.29, 1.82) is 0 Å². The zero-order valence-corrected chi connectivity index (χ0v) is 10.2. The number of methoxy groups -OCH3 is 1. The maximum Gasteiger partial charge on any atom is 0.356 e. The normalized spacial score (nSPS) is 15.7. The van der Waals surface area contributed by atoms with E-state index in [-0.39, 0.29) is 23.7 Å². The fraction of sp³-hybridized carbons (Fsp3) is 0.455. The molecule has 19 heavy (non-hydrogen) atoms. The average molecular weight is 269 g/mol. The SMILES string of the molecule is COC(=O)c1ccc([N+](=O)[O-])c(NCC2(F)CC2)n1. The van der Waals surface area contributed by atoms with E-state index in [2.05, 4.69) is 15.0 Å². The van der Waals surface area contributed by atoms with Crippen LogP contribution in [0.4, 0.5) is 15.9 Å². The molecule has 1 aliphatic carbocycles. The first-order valence-electron chi connectivity index (χ1n) is 5.62. The minimum absolute atomic E-state index is 0.0640. The lowest BCUT2D eigenvalue weighted by Crippen LogP contribution is -2.18. The molecule has 0 amide bonds. The maximum absolute atomic E-state index is 13.5. The van der Waals surface area contributed by atoms with E-state index in [0.29, 0.717) is 12.8 Å². The van der Waals surface area contributed by atoms with Crippen LogP contribution in [0.25, 0.3) is 0 Å². The predicted molar refractivity (Wildman–Crippen MR) is 63.8 cm³/mol. The molecule has 2 rings (SSSR count). The highest BCUT2D eigenvalue weighted by atomic mass is 19.1. The summed E-state index contributed by atoms with van der Waals surface area (Å²) < 4.78 is 18.0. The summed E-state index contributed by atoms with van der Waals surface area (Å²) in [5.41, 5.74) is -1.70. The summed E-state index contributed by atoms with van der Waals surface area (Å²) in [5.74, 6) is -0.837. The fourth-order valence-corrected chi connectivity index (χ4v) is 1.50. The van der Waals surface area contributed by atoms with Gasteiger partial charge in [0.1, 0.15) is 5.67 Å². The summed E-state index contributed by atoms with van der Waals surface area (Å²) in [6.45, 7) is -0.0640. The number of carbonyl (C=O) groups excluding carboxylic acids is 1. The topological polar surface area (TPSA) is 94.4 Å². The number of nitro groups is 1. The van der Waals surface area contributed by atoms with Crippen molar-refractivity contribution in [3.63, 3.8) is 0 Å². The number of aromatic nitrogens is 1. The first kappa shape index (κ1) is 13.2. The molecule has 1 heterocycles. The van der Waals surface area contributed by atoms with Crippen LogP contribution in [-0.2, 0) is 4.74 Å². The van der Waals surface area contributed by atoms with Crippen LogP contribution >= 0.6 is 0 Å². The van der Waals surface area contributed by atoms with E-state index in [9.17, 15) is 19.3 Å². The third kappa shape index (κ3) is 2.95. The lowest BCUT2D eigenvalue weighted by Gasteiger charge is -2.09. The van der Waals surface area contributed by atoms with E-state index in [4.69, 9.17) is 0 Å². The number of esters is 1. The molecular formula is C11H12FN3O4.